The van der Waals surface area contributed by atoms with Crippen molar-refractivity contribution in [2.45, 2.75) is 39.2 Å². The van der Waals surface area contributed by atoms with E-state index in [1.165, 1.54) is 0 Å². The van der Waals surface area contributed by atoms with Gasteiger partial charge in [-0.25, -0.2) is 0 Å². The van der Waals surface area contributed by atoms with Crippen molar-refractivity contribution in [2.24, 2.45) is 11.8 Å². The summed E-state index contributed by atoms with van der Waals surface area (Å²) in [4.78, 5) is 0. The summed E-state index contributed by atoms with van der Waals surface area (Å²) in [6.45, 7) is 10.3. The highest BCUT2D eigenvalue weighted by Gasteiger charge is 2.50. The third-order valence-corrected chi connectivity index (χ3v) is 9.37. The lowest BCUT2D eigenvalue weighted by Crippen LogP contribution is -2.55. The van der Waals surface area contributed by atoms with Crippen molar-refractivity contribution < 1.29 is 31.9 Å². The molecule has 0 aromatic heterocycles. The van der Waals surface area contributed by atoms with Crippen LogP contribution in [0.15, 0.2) is 103 Å². The Morgan fingerprint density at radius 1 is 0.643 bits per heavy atom. The number of rotatable bonds is 18. The predicted molar refractivity (Wildman–Crippen MR) is 166 cm³/mol. The highest BCUT2D eigenvalue weighted by Crippen LogP contribution is 2.36. The van der Waals surface area contributed by atoms with Crippen LogP contribution >= 0.6 is 0 Å². The van der Waals surface area contributed by atoms with E-state index < -0.39 is 9.05 Å². The van der Waals surface area contributed by atoms with Gasteiger partial charge in [-0.15, -0.1) is 0 Å². The Kier molecular flexibility index (Phi) is 12.9. The Bertz CT molecular complexity index is 1050. The van der Waals surface area contributed by atoms with Crippen molar-refractivity contribution in [3.8, 4) is 17.2 Å². The van der Waals surface area contributed by atoms with E-state index in [0.717, 1.165) is 42.1 Å². The lowest BCUT2D eigenvalue weighted by Gasteiger charge is -2.39. The Balaban J connectivity index is 1.47. The number of para-hydroxylation sites is 3. The van der Waals surface area contributed by atoms with Gasteiger partial charge in [-0.05, 0) is 68.5 Å². The van der Waals surface area contributed by atoms with Crippen molar-refractivity contribution in [1.29, 1.82) is 0 Å². The van der Waals surface area contributed by atoms with E-state index in [2.05, 4.69) is 20.4 Å². The first-order valence-electron chi connectivity index (χ1n) is 14.8. The molecule has 0 aliphatic heterocycles. The molecule has 1 fully saturated rings. The molecule has 0 spiro atoms. The van der Waals surface area contributed by atoms with Crippen molar-refractivity contribution >= 4 is 9.05 Å². The van der Waals surface area contributed by atoms with Gasteiger partial charge in [0.2, 0.25) is 0 Å². The van der Waals surface area contributed by atoms with E-state index in [-0.39, 0.29) is 31.8 Å². The van der Waals surface area contributed by atoms with Crippen LogP contribution in [0.25, 0.3) is 0 Å². The fourth-order valence-corrected chi connectivity index (χ4v) is 7.05. The minimum atomic E-state index is -3.70. The van der Waals surface area contributed by atoms with Gasteiger partial charge in [0.1, 0.15) is 37.1 Å². The molecule has 3 unspecified atom stereocenters. The van der Waals surface area contributed by atoms with Crippen LogP contribution in [0.5, 0.6) is 17.2 Å². The summed E-state index contributed by atoms with van der Waals surface area (Å²) < 4.78 is 43.8. The van der Waals surface area contributed by atoms with Gasteiger partial charge in [0, 0.05) is 5.92 Å². The van der Waals surface area contributed by atoms with Crippen molar-refractivity contribution in [1.82, 2.24) is 0 Å². The second-order valence-electron chi connectivity index (χ2n) is 10.6. The SMILES string of the molecule is C=C(C)C1CCC(C)CC1O[Si](OCCOc1ccccc1)(OCCOc1ccccc1)OCCOc1ccccc1. The molecule has 7 nitrogen and oxygen atoms in total. The zero-order valence-electron chi connectivity index (χ0n) is 24.8. The van der Waals surface area contributed by atoms with Crippen LogP contribution in [-0.4, -0.2) is 54.8 Å². The monoisotopic (exact) mass is 592 g/mol. The van der Waals surface area contributed by atoms with Crippen LogP contribution in [0.1, 0.15) is 33.1 Å². The second-order valence-corrected chi connectivity index (χ2v) is 12.7. The Labute approximate surface area is 251 Å². The molecule has 8 heteroatoms. The summed E-state index contributed by atoms with van der Waals surface area (Å²) in [5, 5.41) is 0. The number of ether oxygens (including phenoxy) is 3. The van der Waals surface area contributed by atoms with Crippen molar-refractivity contribution in [3.05, 3.63) is 103 Å². The smallest absolute Gasteiger partial charge is 0.491 e. The number of hydrogen-bond donors (Lipinski definition) is 0. The molecule has 0 N–H and O–H groups in total. The maximum atomic E-state index is 6.82. The molecule has 226 valence electrons. The van der Waals surface area contributed by atoms with Gasteiger partial charge in [-0.3, -0.25) is 0 Å². The first-order valence-corrected chi connectivity index (χ1v) is 16.4. The van der Waals surface area contributed by atoms with Crippen LogP contribution in [0, 0.1) is 11.8 Å². The largest absolute Gasteiger partial charge is 0.680 e. The standard InChI is InChI=1S/C34H44O7Si/c1-28(2)33-20-19-29(3)27-34(33)41-42(38-24-21-35-30-13-7-4-8-14-30,39-25-22-36-31-15-9-5-10-16-31)40-26-23-37-32-17-11-6-12-18-32/h4-18,29,33-34H,1,19-27H2,2-3H3. The summed E-state index contributed by atoms with van der Waals surface area (Å²) >= 11 is 0. The highest BCUT2D eigenvalue weighted by molar-refractivity contribution is 6.53. The van der Waals surface area contributed by atoms with E-state index in [0.29, 0.717) is 25.7 Å². The Morgan fingerprint density at radius 2 is 1.05 bits per heavy atom. The highest BCUT2D eigenvalue weighted by atomic mass is 28.4. The number of benzene rings is 3. The molecule has 3 atom stereocenters. The van der Waals surface area contributed by atoms with Crippen LogP contribution in [0.4, 0.5) is 0 Å². The molecule has 0 amide bonds. The zero-order chi connectivity index (χ0) is 29.5. The Hall–Kier alpha value is -3.14. The maximum Gasteiger partial charge on any atom is 0.680 e. The molecule has 0 saturated heterocycles. The molecule has 3 aromatic carbocycles. The van der Waals surface area contributed by atoms with Crippen LogP contribution in [0.3, 0.4) is 0 Å². The van der Waals surface area contributed by atoms with Crippen LogP contribution in [0.2, 0.25) is 0 Å². The van der Waals surface area contributed by atoms with Crippen LogP contribution < -0.4 is 14.2 Å². The molecule has 1 saturated carbocycles. The van der Waals surface area contributed by atoms with E-state index in [4.69, 9.17) is 31.9 Å². The minimum absolute atomic E-state index is 0.127. The van der Waals surface area contributed by atoms with E-state index in [9.17, 15) is 0 Å². The van der Waals surface area contributed by atoms with Gasteiger partial charge in [-0.1, -0.05) is 73.7 Å². The quantitative estimate of drug-likeness (QED) is 0.0886. The fourth-order valence-electron chi connectivity index (χ4n) is 4.96. The topological polar surface area (TPSA) is 64.6 Å². The summed E-state index contributed by atoms with van der Waals surface area (Å²) in [6, 6.07) is 29.0. The lowest BCUT2D eigenvalue weighted by molar-refractivity contribution is -0.0839. The molecular weight excluding hydrogens is 548 g/mol. The first-order chi connectivity index (χ1) is 20.5. The average molecular weight is 593 g/mol. The average Bonchev–Trinajstić information content (AvgIpc) is 3.01. The van der Waals surface area contributed by atoms with Gasteiger partial charge in [0.25, 0.3) is 0 Å². The van der Waals surface area contributed by atoms with Crippen molar-refractivity contribution in [3.63, 3.8) is 0 Å². The minimum Gasteiger partial charge on any atom is -0.491 e. The summed E-state index contributed by atoms with van der Waals surface area (Å²) in [7, 11) is -3.70. The van der Waals surface area contributed by atoms with E-state index in [1.807, 2.05) is 91.0 Å². The third-order valence-electron chi connectivity index (χ3n) is 7.10. The summed E-state index contributed by atoms with van der Waals surface area (Å²) in [5.41, 5.74) is 1.10. The van der Waals surface area contributed by atoms with Crippen LogP contribution in [-0.2, 0) is 17.7 Å². The normalized spacial score (nSPS) is 18.8. The van der Waals surface area contributed by atoms with Gasteiger partial charge in [-0.2, -0.15) is 0 Å². The zero-order valence-corrected chi connectivity index (χ0v) is 25.8. The number of hydrogen-bond acceptors (Lipinski definition) is 7. The molecule has 0 heterocycles. The van der Waals surface area contributed by atoms with E-state index in [1.54, 1.807) is 0 Å². The summed E-state index contributed by atoms with van der Waals surface area (Å²) in [5.74, 6) is 3.03. The molecule has 42 heavy (non-hydrogen) atoms. The second kappa shape index (κ2) is 17.1. The molecule has 1 aliphatic carbocycles. The van der Waals surface area contributed by atoms with Crippen molar-refractivity contribution in [2.75, 3.05) is 39.6 Å². The summed E-state index contributed by atoms with van der Waals surface area (Å²) in [6.07, 6.45) is 2.90. The van der Waals surface area contributed by atoms with Gasteiger partial charge >= 0.3 is 9.05 Å². The Morgan fingerprint density at radius 3 is 1.43 bits per heavy atom. The molecule has 0 bridgehead atoms. The third kappa shape index (κ3) is 10.6. The van der Waals surface area contributed by atoms with Gasteiger partial charge in [0.05, 0.1) is 25.9 Å². The molecule has 0 radical (unpaired) electrons. The fraction of sp³-hybridized carbons (Fsp3) is 0.412. The van der Waals surface area contributed by atoms with Gasteiger partial charge < -0.3 is 31.9 Å². The maximum absolute atomic E-state index is 6.82. The van der Waals surface area contributed by atoms with E-state index >= 15 is 0 Å². The first kappa shape index (κ1) is 31.8. The molecule has 3 aromatic rings. The molecule has 4 rings (SSSR count). The predicted octanol–water partition coefficient (Wildman–Crippen LogP) is 7.11. The van der Waals surface area contributed by atoms with Gasteiger partial charge in [0.15, 0.2) is 0 Å². The lowest BCUT2D eigenvalue weighted by atomic mass is 9.78. The molecule has 1 aliphatic rings. The molecular formula is C34H44O7Si.